The summed E-state index contributed by atoms with van der Waals surface area (Å²) >= 11 is 0. The molecule has 0 fully saturated rings. The number of nitriles is 1. The van der Waals surface area contributed by atoms with Crippen LogP contribution in [0, 0.1) is 11.3 Å². The smallest absolute Gasteiger partial charge is 0.0791 e. The molecule has 6 nitrogen and oxygen atoms in total. The zero-order valence-corrected chi connectivity index (χ0v) is 12.5. The van der Waals surface area contributed by atoms with Crippen LogP contribution in [-0.4, -0.2) is 61.0 Å². The summed E-state index contributed by atoms with van der Waals surface area (Å²) in [7, 11) is 1.65. The summed E-state index contributed by atoms with van der Waals surface area (Å²) in [5, 5.41) is 21.9. The maximum Gasteiger partial charge on any atom is 0.0791 e. The zero-order chi connectivity index (χ0) is 15.3. The molecular formula is C15H24N4O2. The van der Waals surface area contributed by atoms with Gasteiger partial charge in [0.1, 0.15) is 0 Å². The Morgan fingerprint density at radius 3 is 3.10 bits per heavy atom. The lowest BCUT2D eigenvalue weighted by molar-refractivity contribution is 0.106. The van der Waals surface area contributed by atoms with Crippen LogP contribution < -0.4 is 5.32 Å². The number of hydrogen-bond acceptors (Lipinski definition) is 6. The van der Waals surface area contributed by atoms with E-state index < -0.39 is 6.10 Å². The third-order valence-electron chi connectivity index (χ3n) is 3.00. The molecular weight excluding hydrogens is 268 g/mol. The van der Waals surface area contributed by atoms with E-state index in [1.54, 1.807) is 13.3 Å². The molecule has 6 heteroatoms. The number of nitrogens with zero attached hydrogens (tertiary/aromatic N) is 3. The van der Waals surface area contributed by atoms with Gasteiger partial charge in [0.25, 0.3) is 0 Å². The predicted molar refractivity (Wildman–Crippen MR) is 80.5 cm³/mol. The van der Waals surface area contributed by atoms with Gasteiger partial charge < -0.3 is 15.2 Å². The molecule has 116 valence electrons. The van der Waals surface area contributed by atoms with Crippen molar-refractivity contribution in [1.29, 1.82) is 5.26 Å². The van der Waals surface area contributed by atoms with E-state index in [4.69, 9.17) is 10.00 Å². The van der Waals surface area contributed by atoms with E-state index in [9.17, 15) is 5.11 Å². The summed E-state index contributed by atoms with van der Waals surface area (Å²) in [5.41, 5.74) is 1.08. The Bertz CT molecular complexity index is 408. The second-order valence-corrected chi connectivity index (χ2v) is 4.86. The van der Waals surface area contributed by atoms with Crippen molar-refractivity contribution in [2.75, 3.05) is 39.9 Å². The maximum absolute atomic E-state index is 10.1. The molecule has 1 heterocycles. The Labute approximate surface area is 126 Å². The molecule has 1 aromatic heterocycles. The highest BCUT2D eigenvalue weighted by molar-refractivity contribution is 5.08. The Morgan fingerprint density at radius 2 is 2.43 bits per heavy atom. The summed E-state index contributed by atoms with van der Waals surface area (Å²) in [4.78, 5) is 6.16. The molecule has 21 heavy (non-hydrogen) atoms. The number of methoxy groups -OCH3 is 1. The first-order chi connectivity index (χ1) is 10.3. The maximum atomic E-state index is 10.1. The lowest BCUT2D eigenvalue weighted by Crippen LogP contribution is -2.39. The van der Waals surface area contributed by atoms with Gasteiger partial charge in [-0.1, -0.05) is 6.07 Å². The highest BCUT2D eigenvalue weighted by Crippen LogP contribution is 2.04. The van der Waals surface area contributed by atoms with E-state index in [1.807, 2.05) is 18.3 Å². The fourth-order valence-electron chi connectivity index (χ4n) is 2.00. The second-order valence-electron chi connectivity index (χ2n) is 4.86. The first kappa shape index (κ1) is 17.5. The number of hydrogen-bond donors (Lipinski definition) is 2. The number of ether oxygens (including phenoxy) is 1. The molecule has 0 amide bonds. The highest BCUT2D eigenvalue weighted by atomic mass is 16.5. The number of aliphatic hydroxyl groups is 1. The minimum absolute atomic E-state index is 0.448. The Hall–Kier alpha value is -1.52. The topological polar surface area (TPSA) is 81.4 Å². The van der Waals surface area contributed by atoms with Gasteiger partial charge in [-0.2, -0.15) is 5.26 Å². The normalized spacial score (nSPS) is 12.3. The fraction of sp³-hybridized carbons (Fsp3) is 0.600. The molecule has 0 saturated carbocycles. The van der Waals surface area contributed by atoms with Crippen molar-refractivity contribution in [3.05, 3.63) is 30.1 Å². The van der Waals surface area contributed by atoms with Crippen LogP contribution in [0.25, 0.3) is 0 Å². The predicted octanol–water partition coefficient (Wildman–Crippen LogP) is 0.394. The third kappa shape index (κ3) is 8.38. The molecule has 1 atom stereocenters. The first-order valence-electron chi connectivity index (χ1n) is 7.12. The molecule has 0 aliphatic heterocycles. The van der Waals surface area contributed by atoms with E-state index in [-0.39, 0.29) is 0 Å². The summed E-state index contributed by atoms with van der Waals surface area (Å²) in [5.74, 6) is 0. The minimum atomic E-state index is -0.475. The molecule has 0 aliphatic rings. The van der Waals surface area contributed by atoms with Gasteiger partial charge in [0.05, 0.1) is 18.8 Å². The molecule has 2 N–H and O–H groups in total. The molecule has 0 spiro atoms. The number of nitrogens with one attached hydrogen (secondary N) is 1. The molecule has 0 aliphatic carbocycles. The van der Waals surface area contributed by atoms with Gasteiger partial charge >= 0.3 is 0 Å². The Kier molecular flexibility index (Phi) is 9.33. The average Bonchev–Trinajstić information content (AvgIpc) is 2.50. The van der Waals surface area contributed by atoms with Crippen molar-refractivity contribution in [2.24, 2.45) is 0 Å². The summed E-state index contributed by atoms with van der Waals surface area (Å²) < 4.78 is 4.94. The number of rotatable bonds is 11. The SMILES string of the molecule is COCCNCC(O)CN(CCC#N)Cc1cccnc1. The fourth-order valence-corrected chi connectivity index (χ4v) is 2.00. The van der Waals surface area contributed by atoms with Gasteiger partial charge in [0, 0.05) is 58.6 Å². The van der Waals surface area contributed by atoms with Gasteiger partial charge in [-0.3, -0.25) is 9.88 Å². The standard InChI is InChI=1S/C15H24N4O2/c1-21-9-7-18-11-15(20)13-19(8-3-5-16)12-14-4-2-6-17-10-14/h2,4,6,10,15,18,20H,3,7-9,11-13H2,1H3. The molecule has 1 aromatic rings. The van der Waals surface area contributed by atoms with Crippen LogP contribution >= 0.6 is 0 Å². The second kappa shape index (κ2) is 11.2. The monoisotopic (exact) mass is 292 g/mol. The Balaban J connectivity index is 2.40. The van der Waals surface area contributed by atoms with Crippen LogP contribution in [-0.2, 0) is 11.3 Å². The van der Waals surface area contributed by atoms with Crippen molar-refractivity contribution in [2.45, 2.75) is 19.1 Å². The summed E-state index contributed by atoms with van der Waals surface area (Å²) in [6, 6.07) is 6.03. The van der Waals surface area contributed by atoms with Crippen LogP contribution in [0.5, 0.6) is 0 Å². The minimum Gasteiger partial charge on any atom is -0.390 e. The van der Waals surface area contributed by atoms with Gasteiger partial charge in [0.2, 0.25) is 0 Å². The van der Waals surface area contributed by atoms with Gasteiger partial charge in [-0.25, -0.2) is 0 Å². The van der Waals surface area contributed by atoms with Crippen molar-refractivity contribution in [1.82, 2.24) is 15.2 Å². The molecule has 1 rings (SSSR count). The molecule has 0 saturated heterocycles. The number of aliphatic hydroxyl groups excluding tert-OH is 1. The summed E-state index contributed by atoms with van der Waals surface area (Å²) in [6.45, 7) is 3.70. The van der Waals surface area contributed by atoms with Crippen LogP contribution in [0.1, 0.15) is 12.0 Å². The quantitative estimate of drug-likeness (QED) is 0.574. The van der Waals surface area contributed by atoms with Crippen LogP contribution in [0.4, 0.5) is 0 Å². The molecule has 1 unspecified atom stereocenters. The largest absolute Gasteiger partial charge is 0.390 e. The highest BCUT2D eigenvalue weighted by Gasteiger charge is 2.12. The Morgan fingerprint density at radius 1 is 1.57 bits per heavy atom. The van der Waals surface area contributed by atoms with Gasteiger partial charge in [0.15, 0.2) is 0 Å². The van der Waals surface area contributed by atoms with Crippen molar-refractivity contribution >= 4 is 0 Å². The van der Waals surface area contributed by atoms with Crippen molar-refractivity contribution < 1.29 is 9.84 Å². The molecule has 0 radical (unpaired) electrons. The van der Waals surface area contributed by atoms with Crippen LogP contribution in [0.3, 0.4) is 0 Å². The van der Waals surface area contributed by atoms with Gasteiger partial charge in [-0.05, 0) is 11.6 Å². The average molecular weight is 292 g/mol. The summed E-state index contributed by atoms with van der Waals surface area (Å²) in [6.07, 6.45) is 3.52. The first-order valence-corrected chi connectivity index (χ1v) is 7.12. The van der Waals surface area contributed by atoms with Gasteiger partial charge in [-0.15, -0.1) is 0 Å². The van der Waals surface area contributed by atoms with E-state index >= 15 is 0 Å². The van der Waals surface area contributed by atoms with E-state index in [2.05, 4.69) is 21.3 Å². The van der Waals surface area contributed by atoms with E-state index in [1.165, 1.54) is 0 Å². The van der Waals surface area contributed by atoms with Crippen molar-refractivity contribution in [3.63, 3.8) is 0 Å². The van der Waals surface area contributed by atoms with Crippen molar-refractivity contribution in [3.8, 4) is 6.07 Å². The van der Waals surface area contributed by atoms with Crippen LogP contribution in [0.2, 0.25) is 0 Å². The third-order valence-corrected chi connectivity index (χ3v) is 3.00. The molecule has 0 bridgehead atoms. The van der Waals surface area contributed by atoms with E-state index in [0.29, 0.717) is 45.8 Å². The molecule has 0 aromatic carbocycles. The van der Waals surface area contributed by atoms with Crippen LogP contribution in [0.15, 0.2) is 24.5 Å². The lowest BCUT2D eigenvalue weighted by Gasteiger charge is -2.24. The van der Waals surface area contributed by atoms with E-state index in [0.717, 1.165) is 5.56 Å². The number of pyridine rings is 1. The lowest BCUT2D eigenvalue weighted by atomic mass is 10.2. The zero-order valence-electron chi connectivity index (χ0n) is 12.5. The number of aromatic nitrogens is 1.